The van der Waals surface area contributed by atoms with Gasteiger partial charge < -0.3 is 14.4 Å². The molecule has 1 atom stereocenters. The van der Waals surface area contributed by atoms with Crippen molar-refractivity contribution in [1.82, 2.24) is 9.55 Å². The minimum absolute atomic E-state index is 0.632. The van der Waals surface area contributed by atoms with E-state index in [0.717, 1.165) is 22.9 Å². The minimum atomic E-state index is -0.819. The molecule has 0 aliphatic heterocycles. The van der Waals surface area contributed by atoms with E-state index in [1.54, 1.807) is 13.3 Å². The lowest BCUT2D eigenvalue weighted by Gasteiger charge is -2.18. The number of aliphatic hydroxyl groups excluding tert-OH is 1. The number of aryl methyl sites for hydroxylation is 1. The Morgan fingerprint density at radius 1 is 1.24 bits per heavy atom. The molecule has 1 heterocycles. The highest BCUT2D eigenvalue weighted by Gasteiger charge is 2.22. The predicted octanol–water partition coefficient (Wildman–Crippen LogP) is 3.15. The standard InChI is InChI=1S/C17H18N2O2/c1-3-19-11-10-18-17(19)16(20)15-13-7-5-4-6-12(13)8-9-14(15)21-2/h4-11,16,20H,3H2,1-2H3. The molecular formula is C17H18N2O2. The Balaban J connectivity index is 2.22. The largest absolute Gasteiger partial charge is 0.496 e. The van der Waals surface area contributed by atoms with E-state index in [4.69, 9.17) is 4.74 Å². The van der Waals surface area contributed by atoms with Gasteiger partial charge >= 0.3 is 0 Å². The Labute approximate surface area is 123 Å². The minimum Gasteiger partial charge on any atom is -0.496 e. The summed E-state index contributed by atoms with van der Waals surface area (Å²) in [4.78, 5) is 4.30. The van der Waals surface area contributed by atoms with Crippen molar-refractivity contribution < 1.29 is 9.84 Å². The van der Waals surface area contributed by atoms with Crippen molar-refractivity contribution in [3.63, 3.8) is 0 Å². The second kappa shape index (κ2) is 5.58. The maximum atomic E-state index is 10.8. The van der Waals surface area contributed by atoms with Gasteiger partial charge in [-0.15, -0.1) is 0 Å². The summed E-state index contributed by atoms with van der Waals surface area (Å²) in [7, 11) is 1.62. The highest BCUT2D eigenvalue weighted by molar-refractivity contribution is 5.88. The van der Waals surface area contributed by atoms with Gasteiger partial charge in [0, 0.05) is 24.5 Å². The summed E-state index contributed by atoms with van der Waals surface area (Å²) >= 11 is 0. The first-order valence-electron chi connectivity index (χ1n) is 7.01. The number of rotatable bonds is 4. The molecule has 1 aromatic heterocycles. The molecule has 108 valence electrons. The number of aliphatic hydroxyl groups is 1. The lowest BCUT2D eigenvalue weighted by atomic mass is 9.98. The third-order valence-corrected chi connectivity index (χ3v) is 3.76. The SMILES string of the molecule is CCn1ccnc1C(O)c1c(OC)ccc2ccccc12. The van der Waals surface area contributed by atoms with Crippen LogP contribution in [-0.4, -0.2) is 21.8 Å². The van der Waals surface area contributed by atoms with E-state index >= 15 is 0 Å². The van der Waals surface area contributed by atoms with Gasteiger partial charge in [0.2, 0.25) is 0 Å². The third kappa shape index (κ3) is 2.28. The van der Waals surface area contributed by atoms with Gasteiger partial charge in [-0.3, -0.25) is 0 Å². The lowest BCUT2D eigenvalue weighted by molar-refractivity contribution is 0.201. The number of ether oxygens (including phenoxy) is 1. The first-order valence-corrected chi connectivity index (χ1v) is 7.01. The maximum absolute atomic E-state index is 10.8. The second-order valence-corrected chi connectivity index (χ2v) is 4.88. The summed E-state index contributed by atoms with van der Waals surface area (Å²) in [6.45, 7) is 2.79. The van der Waals surface area contributed by atoms with Gasteiger partial charge in [-0.25, -0.2) is 4.98 Å². The van der Waals surface area contributed by atoms with Crippen LogP contribution in [0.2, 0.25) is 0 Å². The van der Waals surface area contributed by atoms with Gasteiger partial charge in [0.25, 0.3) is 0 Å². The number of hydrogen-bond acceptors (Lipinski definition) is 3. The van der Waals surface area contributed by atoms with Gasteiger partial charge in [-0.1, -0.05) is 30.3 Å². The molecule has 4 heteroatoms. The summed E-state index contributed by atoms with van der Waals surface area (Å²) in [5.74, 6) is 1.30. The third-order valence-electron chi connectivity index (χ3n) is 3.76. The Morgan fingerprint density at radius 3 is 2.81 bits per heavy atom. The highest BCUT2D eigenvalue weighted by atomic mass is 16.5. The predicted molar refractivity (Wildman–Crippen MR) is 82.5 cm³/mol. The van der Waals surface area contributed by atoms with Crippen LogP contribution in [0.4, 0.5) is 0 Å². The molecular weight excluding hydrogens is 264 g/mol. The Morgan fingerprint density at radius 2 is 2.05 bits per heavy atom. The molecule has 0 radical (unpaired) electrons. The van der Waals surface area contributed by atoms with Crippen LogP contribution in [0.15, 0.2) is 48.8 Å². The van der Waals surface area contributed by atoms with Crippen molar-refractivity contribution in [3.8, 4) is 5.75 Å². The van der Waals surface area contributed by atoms with Gasteiger partial charge in [-0.05, 0) is 23.8 Å². The van der Waals surface area contributed by atoms with E-state index in [-0.39, 0.29) is 0 Å². The first-order chi connectivity index (χ1) is 10.3. The van der Waals surface area contributed by atoms with E-state index in [0.29, 0.717) is 11.6 Å². The smallest absolute Gasteiger partial charge is 0.142 e. The zero-order valence-electron chi connectivity index (χ0n) is 12.2. The van der Waals surface area contributed by atoms with Gasteiger partial charge in [0.1, 0.15) is 17.7 Å². The molecule has 21 heavy (non-hydrogen) atoms. The fourth-order valence-corrected chi connectivity index (χ4v) is 2.70. The fraction of sp³-hybridized carbons (Fsp3) is 0.235. The average Bonchev–Trinajstić information content (AvgIpc) is 3.01. The van der Waals surface area contributed by atoms with E-state index in [9.17, 15) is 5.11 Å². The van der Waals surface area contributed by atoms with E-state index in [1.165, 1.54) is 0 Å². The Kier molecular flexibility index (Phi) is 3.62. The molecule has 1 N–H and O–H groups in total. The summed E-state index contributed by atoms with van der Waals surface area (Å²) in [5.41, 5.74) is 0.761. The summed E-state index contributed by atoms with van der Waals surface area (Å²) in [6.07, 6.45) is 2.76. The Bertz CT molecular complexity index is 764. The number of aromatic nitrogens is 2. The van der Waals surface area contributed by atoms with E-state index in [2.05, 4.69) is 4.98 Å². The van der Waals surface area contributed by atoms with Crippen LogP contribution in [0.3, 0.4) is 0 Å². The lowest BCUT2D eigenvalue weighted by Crippen LogP contribution is -2.10. The van der Waals surface area contributed by atoms with Crippen LogP contribution in [0.25, 0.3) is 10.8 Å². The topological polar surface area (TPSA) is 47.3 Å². The molecule has 0 saturated carbocycles. The second-order valence-electron chi connectivity index (χ2n) is 4.88. The number of fused-ring (bicyclic) bond motifs is 1. The number of methoxy groups -OCH3 is 1. The van der Waals surface area contributed by atoms with Gasteiger partial charge in [0.05, 0.1) is 7.11 Å². The molecule has 0 saturated heterocycles. The van der Waals surface area contributed by atoms with Crippen LogP contribution in [-0.2, 0) is 6.54 Å². The highest BCUT2D eigenvalue weighted by Crippen LogP contribution is 2.35. The molecule has 0 aliphatic rings. The summed E-state index contributed by atoms with van der Waals surface area (Å²) < 4.78 is 7.39. The van der Waals surface area contributed by atoms with Crippen molar-refractivity contribution in [2.24, 2.45) is 0 Å². The van der Waals surface area contributed by atoms with Crippen LogP contribution in [0.1, 0.15) is 24.4 Å². The molecule has 3 rings (SSSR count). The molecule has 0 spiro atoms. The quantitative estimate of drug-likeness (QED) is 0.799. The van der Waals surface area contributed by atoms with Crippen LogP contribution in [0.5, 0.6) is 5.75 Å². The number of hydrogen-bond donors (Lipinski definition) is 1. The molecule has 0 fully saturated rings. The van der Waals surface area contributed by atoms with Crippen molar-refractivity contribution >= 4 is 10.8 Å². The molecule has 0 amide bonds. The van der Waals surface area contributed by atoms with Crippen LogP contribution in [0, 0.1) is 0 Å². The van der Waals surface area contributed by atoms with Crippen LogP contribution >= 0.6 is 0 Å². The molecule has 0 bridgehead atoms. The molecule has 1 unspecified atom stereocenters. The maximum Gasteiger partial charge on any atom is 0.142 e. The fourth-order valence-electron chi connectivity index (χ4n) is 2.70. The summed E-state index contributed by atoms with van der Waals surface area (Å²) in [6, 6.07) is 11.9. The zero-order valence-corrected chi connectivity index (χ0v) is 12.2. The van der Waals surface area contributed by atoms with Crippen molar-refractivity contribution in [1.29, 1.82) is 0 Å². The van der Waals surface area contributed by atoms with Crippen LogP contribution < -0.4 is 4.74 Å². The molecule has 2 aromatic carbocycles. The van der Waals surface area contributed by atoms with E-state index in [1.807, 2.05) is 54.1 Å². The van der Waals surface area contributed by atoms with Crippen molar-refractivity contribution in [2.45, 2.75) is 19.6 Å². The normalized spacial score (nSPS) is 12.5. The van der Waals surface area contributed by atoms with E-state index < -0.39 is 6.10 Å². The number of imidazole rings is 1. The van der Waals surface area contributed by atoms with Gasteiger partial charge in [0.15, 0.2) is 0 Å². The molecule has 3 aromatic rings. The van der Waals surface area contributed by atoms with Crippen molar-refractivity contribution in [2.75, 3.05) is 7.11 Å². The first kappa shape index (κ1) is 13.6. The molecule has 0 aliphatic carbocycles. The number of nitrogens with zero attached hydrogens (tertiary/aromatic N) is 2. The summed E-state index contributed by atoms with van der Waals surface area (Å²) in [5, 5.41) is 12.9. The molecule has 4 nitrogen and oxygen atoms in total. The van der Waals surface area contributed by atoms with Crippen molar-refractivity contribution in [3.05, 3.63) is 60.2 Å². The number of benzene rings is 2. The average molecular weight is 282 g/mol. The zero-order chi connectivity index (χ0) is 14.8. The monoisotopic (exact) mass is 282 g/mol. The Hall–Kier alpha value is -2.33. The van der Waals surface area contributed by atoms with Gasteiger partial charge in [-0.2, -0.15) is 0 Å².